The Morgan fingerprint density at radius 1 is 1.20 bits per heavy atom. The van der Waals surface area contributed by atoms with Crippen LogP contribution in [0.4, 0.5) is 0 Å². The number of rotatable bonds is 4. The van der Waals surface area contributed by atoms with Crippen molar-refractivity contribution in [1.29, 1.82) is 0 Å². The van der Waals surface area contributed by atoms with Crippen LogP contribution in [0.2, 0.25) is 0 Å². The quantitative estimate of drug-likeness (QED) is 0.661. The number of hydrogen-bond acceptors (Lipinski definition) is 3. The van der Waals surface area contributed by atoms with E-state index < -0.39 is 0 Å². The number of phenols is 2. The van der Waals surface area contributed by atoms with Crippen LogP contribution in [0.15, 0.2) is 18.2 Å². The summed E-state index contributed by atoms with van der Waals surface area (Å²) in [4.78, 5) is 0. The third kappa shape index (κ3) is 2.63. The van der Waals surface area contributed by atoms with Gasteiger partial charge in [0.1, 0.15) is 0 Å². The highest BCUT2D eigenvalue weighted by atomic mass is 16.3. The minimum atomic E-state index is -0.0590. The lowest BCUT2D eigenvalue weighted by Crippen LogP contribution is -2.21. The lowest BCUT2D eigenvalue weighted by Gasteiger charge is -2.08. The standard InChI is InChI=1S/C12H17NO2/c13-12(6-7-12)5-1-2-9-3-4-10(14)11(15)8-9/h3-4,8,14-15H,1-2,5-7,13H2. The van der Waals surface area contributed by atoms with Crippen molar-refractivity contribution in [2.45, 2.75) is 37.6 Å². The number of nitrogens with two attached hydrogens (primary N) is 1. The molecule has 0 radical (unpaired) electrons. The first-order valence-corrected chi connectivity index (χ1v) is 5.39. The van der Waals surface area contributed by atoms with Crippen molar-refractivity contribution in [3.8, 4) is 11.5 Å². The van der Waals surface area contributed by atoms with Crippen LogP contribution in [0.1, 0.15) is 31.2 Å². The number of aromatic hydroxyl groups is 2. The number of phenolic OH excluding ortho intramolecular Hbond substituents is 2. The van der Waals surface area contributed by atoms with Gasteiger partial charge in [-0.15, -0.1) is 0 Å². The molecular formula is C12H17NO2. The largest absolute Gasteiger partial charge is 0.504 e. The van der Waals surface area contributed by atoms with Crippen molar-refractivity contribution in [1.82, 2.24) is 0 Å². The Balaban J connectivity index is 1.85. The Hall–Kier alpha value is -1.22. The van der Waals surface area contributed by atoms with Crippen LogP contribution >= 0.6 is 0 Å². The van der Waals surface area contributed by atoms with Gasteiger partial charge in [-0.05, 0) is 49.8 Å². The summed E-state index contributed by atoms with van der Waals surface area (Å²) in [6.45, 7) is 0. The molecule has 0 saturated heterocycles. The number of hydrogen-bond donors (Lipinski definition) is 3. The Kier molecular flexibility index (Phi) is 2.57. The molecule has 1 saturated carbocycles. The molecule has 4 N–H and O–H groups in total. The molecule has 0 aliphatic heterocycles. The molecule has 3 nitrogen and oxygen atoms in total. The van der Waals surface area contributed by atoms with Crippen molar-refractivity contribution in [2.75, 3.05) is 0 Å². The van der Waals surface area contributed by atoms with Crippen molar-refractivity contribution in [3.05, 3.63) is 23.8 Å². The van der Waals surface area contributed by atoms with Gasteiger partial charge < -0.3 is 15.9 Å². The van der Waals surface area contributed by atoms with Crippen molar-refractivity contribution in [2.24, 2.45) is 5.73 Å². The summed E-state index contributed by atoms with van der Waals surface area (Å²) >= 11 is 0. The average Bonchev–Trinajstić information content (AvgIpc) is 2.90. The van der Waals surface area contributed by atoms with E-state index in [1.807, 2.05) is 6.07 Å². The van der Waals surface area contributed by atoms with Crippen LogP contribution in [0, 0.1) is 0 Å². The van der Waals surface area contributed by atoms with Gasteiger partial charge >= 0.3 is 0 Å². The Labute approximate surface area is 89.5 Å². The fourth-order valence-corrected chi connectivity index (χ4v) is 1.78. The molecule has 3 heteroatoms. The van der Waals surface area contributed by atoms with Crippen LogP contribution < -0.4 is 5.73 Å². The third-order valence-electron chi connectivity index (χ3n) is 3.07. The second kappa shape index (κ2) is 3.74. The molecule has 0 unspecified atom stereocenters. The molecule has 2 rings (SSSR count). The monoisotopic (exact) mass is 207 g/mol. The second-order valence-corrected chi connectivity index (χ2v) is 4.54. The van der Waals surface area contributed by atoms with Gasteiger partial charge in [0.25, 0.3) is 0 Å². The fourth-order valence-electron chi connectivity index (χ4n) is 1.78. The molecule has 1 fully saturated rings. The molecule has 1 aliphatic carbocycles. The smallest absolute Gasteiger partial charge is 0.157 e. The van der Waals surface area contributed by atoms with Crippen LogP contribution in [0.5, 0.6) is 11.5 Å². The zero-order valence-corrected chi connectivity index (χ0v) is 8.74. The van der Waals surface area contributed by atoms with Gasteiger partial charge in [0, 0.05) is 5.54 Å². The topological polar surface area (TPSA) is 66.5 Å². The molecule has 0 aromatic heterocycles. The fraction of sp³-hybridized carbons (Fsp3) is 0.500. The maximum Gasteiger partial charge on any atom is 0.157 e. The Morgan fingerprint density at radius 3 is 2.53 bits per heavy atom. The zero-order valence-electron chi connectivity index (χ0n) is 8.74. The van der Waals surface area contributed by atoms with Crippen LogP contribution in [-0.4, -0.2) is 15.8 Å². The van der Waals surface area contributed by atoms with E-state index >= 15 is 0 Å². The summed E-state index contributed by atoms with van der Waals surface area (Å²) in [5.74, 6) is -0.0994. The first kappa shape index (κ1) is 10.3. The van der Waals surface area contributed by atoms with Gasteiger partial charge in [0.15, 0.2) is 11.5 Å². The first-order chi connectivity index (χ1) is 7.09. The normalized spacial score (nSPS) is 17.7. The lowest BCUT2D eigenvalue weighted by atomic mass is 10.0. The third-order valence-corrected chi connectivity index (χ3v) is 3.07. The van der Waals surface area contributed by atoms with Gasteiger partial charge in [-0.25, -0.2) is 0 Å². The summed E-state index contributed by atoms with van der Waals surface area (Å²) in [7, 11) is 0. The minimum Gasteiger partial charge on any atom is -0.504 e. The predicted molar refractivity (Wildman–Crippen MR) is 58.9 cm³/mol. The summed E-state index contributed by atoms with van der Waals surface area (Å²) in [5.41, 5.74) is 7.14. The molecule has 1 aromatic rings. The highest BCUT2D eigenvalue weighted by Crippen LogP contribution is 2.37. The summed E-state index contributed by atoms with van der Waals surface area (Å²) in [6, 6.07) is 4.98. The minimum absolute atomic E-state index is 0.0404. The first-order valence-electron chi connectivity index (χ1n) is 5.39. The molecule has 0 heterocycles. The van der Waals surface area contributed by atoms with E-state index in [9.17, 15) is 5.11 Å². The highest BCUT2D eigenvalue weighted by molar-refractivity contribution is 5.40. The van der Waals surface area contributed by atoms with Crippen molar-refractivity contribution >= 4 is 0 Å². The van der Waals surface area contributed by atoms with E-state index in [-0.39, 0.29) is 17.0 Å². The maximum atomic E-state index is 9.30. The summed E-state index contributed by atoms with van der Waals surface area (Å²) in [6.07, 6.45) is 5.30. The molecule has 1 aliphatic rings. The maximum absolute atomic E-state index is 9.30. The lowest BCUT2D eigenvalue weighted by molar-refractivity contribution is 0.403. The van der Waals surface area contributed by atoms with Crippen molar-refractivity contribution in [3.63, 3.8) is 0 Å². The van der Waals surface area contributed by atoms with E-state index in [0.29, 0.717) is 0 Å². The average molecular weight is 207 g/mol. The van der Waals surface area contributed by atoms with Gasteiger partial charge in [0.05, 0.1) is 0 Å². The molecule has 0 bridgehead atoms. The van der Waals surface area contributed by atoms with Gasteiger partial charge in [0.2, 0.25) is 0 Å². The molecule has 1 aromatic carbocycles. The number of benzene rings is 1. The van der Waals surface area contributed by atoms with E-state index in [2.05, 4.69) is 0 Å². The highest BCUT2D eigenvalue weighted by Gasteiger charge is 2.36. The van der Waals surface area contributed by atoms with Crippen LogP contribution in [0.25, 0.3) is 0 Å². The summed E-state index contributed by atoms with van der Waals surface area (Å²) in [5, 5.41) is 18.4. The summed E-state index contributed by atoms with van der Waals surface area (Å²) < 4.78 is 0. The van der Waals surface area contributed by atoms with Gasteiger partial charge in [-0.1, -0.05) is 6.07 Å². The zero-order chi connectivity index (χ0) is 10.9. The molecule has 0 spiro atoms. The van der Waals surface area contributed by atoms with Gasteiger partial charge in [-0.3, -0.25) is 0 Å². The molecule has 0 atom stereocenters. The van der Waals surface area contributed by atoms with E-state index in [0.717, 1.165) is 37.7 Å². The molecule has 15 heavy (non-hydrogen) atoms. The predicted octanol–water partition coefficient (Wildman–Crippen LogP) is 1.91. The van der Waals surface area contributed by atoms with Crippen LogP contribution in [-0.2, 0) is 6.42 Å². The van der Waals surface area contributed by atoms with Crippen LogP contribution in [0.3, 0.4) is 0 Å². The van der Waals surface area contributed by atoms with E-state index in [4.69, 9.17) is 10.8 Å². The van der Waals surface area contributed by atoms with E-state index in [1.54, 1.807) is 6.07 Å². The van der Waals surface area contributed by atoms with E-state index in [1.165, 1.54) is 6.07 Å². The number of aryl methyl sites for hydroxylation is 1. The molecule has 82 valence electrons. The second-order valence-electron chi connectivity index (χ2n) is 4.54. The van der Waals surface area contributed by atoms with Crippen molar-refractivity contribution < 1.29 is 10.2 Å². The van der Waals surface area contributed by atoms with Gasteiger partial charge in [-0.2, -0.15) is 0 Å². The molecular weight excluding hydrogens is 190 g/mol. The Morgan fingerprint density at radius 2 is 1.93 bits per heavy atom. The molecule has 0 amide bonds. The Bertz CT molecular complexity index is 359. The SMILES string of the molecule is NC1(CCCc2ccc(O)c(O)c2)CC1.